The van der Waals surface area contributed by atoms with Crippen LogP contribution in [0.3, 0.4) is 0 Å². The van der Waals surface area contributed by atoms with Crippen molar-refractivity contribution in [1.29, 1.82) is 0 Å². The van der Waals surface area contributed by atoms with E-state index in [1.807, 2.05) is 12.1 Å². The molecular weight excluding hydrogens is 226 g/mol. The number of aromatic amines is 1. The van der Waals surface area contributed by atoms with Crippen LogP contribution in [-0.4, -0.2) is 26.5 Å². The molecule has 3 rings (SSSR count). The minimum Gasteiger partial charge on any atom is -0.330 e. The third kappa shape index (κ3) is 1.84. The van der Waals surface area contributed by atoms with E-state index < -0.39 is 0 Å². The van der Waals surface area contributed by atoms with Crippen molar-refractivity contribution in [2.24, 2.45) is 5.73 Å². The fourth-order valence-electron chi connectivity index (χ4n) is 1.97. The lowest BCUT2D eigenvalue weighted by molar-refractivity contribution is 0.969. The smallest absolute Gasteiger partial charge is 0.161 e. The molecule has 0 amide bonds. The first kappa shape index (κ1) is 10.9. The molecule has 0 unspecified atom stereocenters. The molecule has 2 aromatic heterocycles. The molecule has 0 bridgehead atoms. The molecule has 0 spiro atoms. The molecule has 0 radical (unpaired) electrons. The number of rotatable bonds is 3. The standard InChI is InChI=1S/C13H13N5/c14-6-5-9-1-3-10(4-2-9)11-12-13(17-7-15-11)18-8-16-12/h1-4,7-8H,5-6,14H2,(H,15,16,17,18). The van der Waals surface area contributed by atoms with Gasteiger partial charge in [0.15, 0.2) is 5.65 Å². The average Bonchev–Trinajstić information content (AvgIpc) is 2.88. The molecule has 0 saturated carbocycles. The minimum atomic E-state index is 0.663. The lowest BCUT2D eigenvalue weighted by Crippen LogP contribution is -2.02. The van der Waals surface area contributed by atoms with E-state index in [4.69, 9.17) is 5.73 Å². The van der Waals surface area contributed by atoms with Crippen molar-refractivity contribution in [2.75, 3.05) is 6.54 Å². The van der Waals surface area contributed by atoms with Crippen LogP contribution in [0.25, 0.3) is 22.4 Å². The number of aromatic nitrogens is 4. The van der Waals surface area contributed by atoms with Crippen molar-refractivity contribution in [3.05, 3.63) is 42.5 Å². The summed E-state index contributed by atoms with van der Waals surface area (Å²) in [5, 5.41) is 0. The zero-order chi connectivity index (χ0) is 12.4. The third-order valence-corrected chi connectivity index (χ3v) is 2.88. The van der Waals surface area contributed by atoms with Gasteiger partial charge in [0.05, 0.1) is 6.33 Å². The monoisotopic (exact) mass is 239 g/mol. The van der Waals surface area contributed by atoms with E-state index in [9.17, 15) is 0 Å². The molecule has 0 aliphatic heterocycles. The van der Waals surface area contributed by atoms with Crippen molar-refractivity contribution in [2.45, 2.75) is 6.42 Å². The largest absolute Gasteiger partial charge is 0.330 e. The fraction of sp³-hybridized carbons (Fsp3) is 0.154. The molecule has 1 aromatic carbocycles. The van der Waals surface area contributed by atoms with Gasteiger partial charge in [-0.1, -0.05) is 24.3 Å². The van der Waals surface area contributed by atoms with Crippen LogP contribution in [0.15, 0.2) is 36.9 Å². The summed E-state index contributed by atoms with van der Waals surface area (Å²) >= 11 is 0. The maximum atomic E-state index is 5.54. The molecule has 2 heterocycles. The zero-order valence-corrected chi connectivity index (χ0v) is 9.80. The Kier molecular flexibility index (Phi) is 2.74. The van der Waals surface area contributed by atoms with Crippen LogP contribution >= 0.6 is 0 Å². The van der Waals surface area contributed by atoms with Crippen molar-refractivity contribution in [3.63, 3.8) is 0 Å². The van der Waals surface area contributed by atoms with E-state index in [0.29, 0.717) is 6.54 Å². The highest BCUT2D eigenvalue weighted by molar-refractivity contribution is 5.86. The van der Waals surface area contributed by atoms with Gasteiger partial charge in [-0.3, -0.25) is 0 Å². The molecule has 0 aliphatic rings. The summed E-state index contributed by atoms with van der Waals surface area (Å²) in [6.07, 6.45) is 4.07. The zero-order valence-electron chi connectivity index (χ0n) is 9.80. The Morgan fingerprint density at radius 1 is 1.06 bits per heavy atom. The first-order chi connectivity index (χ1) is 8.88. The summed E-state index contributed by atoms with van der Waals surface area (Å²) in [6.45, 7) is 0.663. The second-order valence-corrected chi connectivity index (χ2v) is 4.06. The Morgan fingerprint density at radius 2 is 1.89 bits per heavy atom. The number of nitrogens with one attached hydrogen (secondary N) is 1. The van der Waals surface area contributed by atoms with E-state index in [1.165, 1.54) is 5.56 Å². The molecule has 5 heteroatoms. The Bertz CT molecular complexity index is 656. The maximum absolute atomic E-state index is 5.54. The normalized spacial score (nSPS) is 10.9. The second-order valence-electron chi connectivity index (χ2n) is 4.06. The summed E-state index contributed by atoms with van der Waals surface area (Å²) in [5.41, 5.74) is 10.2. The molecule has 0 saturated heterocycles. The molecule has 90 valence electrons. The van der Waals surface area contributed by atoms with Gasteiger partial charge in [-0.2, -0.15) is 0 Å². The highest BCUT2D eigenvalue weighted by atomic mass is 15.0. The van der Waals surface area contributed by atoms with Crippen molar-refractivity contribution < 1.29 is 0 Å². The van der Waals surface area contributed by atoms with Crippen LogP contribution < -0.4 is 5.73 Å². The number of hydrogen-bond donors (Lipinski definition) is 2. The van der Waals surface area contributed by atoms with Crippen molar-refractivity contribution in [3.8, 4) is 11.3 Å². The SMILES string of the molecule is NCCc1ccc(-c2ncnc3[nH]cnc23)cc1. The van der Waals surface area contributed by atoms with E-state index >= 15 is 0 Å². The molecule has 0 atom stereocenters. The first-order valence-electron chi connectivity index (χ1n) is 5.82. The molecule has 3 aromatic rings. The topological polar surface area (TPSA) is 80.5 Å². The molecule has 3 N–H and O–H groups in total. The van der Waals surface area contributed by atoms with E-state index in [-0.39, 0.29) is 0 Å². The Morgan fingerprint density at radius 3 is 2.67 bits per heavy atom. The van der Waals surface area contributed by atoms with E-state index in [0.717, 1.165) is 28.8 Å². The summed E-state index contributed by atoms with van der Waals surface area (Å²) in [5.74, 6) is 0. The van der Waals surface area contributed by atoms with Crippen LogP contribution in [0.2, 0.25) is 0 Å². The molecule has 0 aliphatic carbocycles. The number of nitrogens with zero attached hydrogens (tertiary/aromatic N) is 3. The number of fused-ring (bicyclic) bond motifs is 1. The highest BCUT2D eigenvalue weighted by Gasteiger charge is 2.08. The number of nitrogens with two attached hydrogens (primary N) is 1. The Hall–Kier alpha value is -2.27. The third-order valence-electron chi connectivity index (χ3n) is 2.88. The molecule has 0 fully saturated rings. The van der Waals surface area contributed by atoms with E-state index in [2.05, 4.69) is 32.1 Å². The van der Waals surface area contributed by atoms with Crippen molar-refractivity contribution >= 4 is 11.2 Å². The number of H-pyrrole nitrogens is 1. The Balaban J connectivity index is 2.06. The summed E-state index contributed by atoms with van der Waals surface area (Å²) < 4.78 is 0. The van der Waals surface area contributed by atoms with Gasteiger partial charge in [-0.05, 0) is 18.5 Å². The average molecular weight is 239 g/mol. The number of imidazole rings is 1. The minimum absolute atomic E-state index is 0.663. The van der Waals surface area contributed by atoms with Gasteiger partial charge in [0.25, 0.3) is 0 Å². The fourth-order valence-corrected chi connectivity index (χ4v) is 1.97. The predicted molar refractivity (Wildman–Crippen MR) is 69.9 cm³/mol. The predicted octanol–water partition coefficient (Wildman–Crippen LogP) is 1.52. The number of benzene rings is 1. The first-order valence-corrected chi connectivity index (χ1v) is 5.82. The molecule has 5 nitrogen and oxygen atoms in total. The van der Waals surface area contributed by atoms with E-state index in [1.54, 1.807) is 12.7 Å². The van der Waals surface area contributed by atoms with Crippen molar-refractivity contribution in [1.82, 2.24) is 19.9 Å². The highest BCUT2D eigenvalue weighted by Crippen LogP contribution is 2.23. The van der Waals surface area contributed by atoms with Gasteiger partial charge < -0.3 is 10.7 Å². The molecular formula is C13H13N5. The number of hydrogen-bond acceptors (Lipinski definition) is 4. The maximum Gasteiger partial charge on any atom is 0.161 e. The summed E-state index contributed by atoms with van der Waals surface area (Å²) in [6, 6.07) is 8.23. The van der Waals surface area contributed by atoms with Crippen LogP contribution in [0.5, 0.6) is 0 Å². The van der Waals surface area contributed by atoms with Crippen LogP contribution in [0.1, 0.15) is 5.56 Å². The lowest BCUT2D eigenvalue weighted by atomic mass is 10.1. The quantitative estimate of drug-likeness (QED) is 0.726. The molecule has 18 heavy (non-hydrogen) atoms. The Labute approximate surface area is 104 Å². The van der Waals surface area contributed by atoms with Crippen LogP contribution in [-0.2, 0) is 6.42 Å². The van der Waals surface area contributed by atoms with Gasteiger partial charge in [0.1, 0.15) is 17.5 Å². The van der Waals surface area contributed by atoms with Crippen LogP contribution in [0.4, 0.5) is 0 Å². The van der Waals surface area contributed by atoms with Gasteiger partial charge in [-0.25, -0.2) is 15.0 Å². The van der Waals surface area contributed by atoms with Gasteiger partial charge in [0, 0.05) is 5.56 Å². The van der Waals surface area contributed by atoms with Crippen LogP contribution in [0, 0.1) is 0 Å². The summed E-state index contributed by atoms with van der Waals surface area (Å²) in [7, 11) is 0. The van der Waals surface area contributed by atoms with Gasteiger partial charge >= 0.3 is 0 Å². The van der Waals surface area contributed by atoms with Gasteiger partial charge in [0.2, 0.25) is 0 Å². The second kappa shape index (κ2) is 4.54. The van der Waals surface area contributed by atoms with Gasteiger partial charge in [-0.15, -0.1) is 0 Å². The summed E-state index contributed by atoms with van der Waals surface area (Å²) in [4.78, 5) is 15.7. The lowest BCUT2D eigenvalue weighted by Gasteiger charge is -2.03.